The number of hydrogen-bond donors (Lipinski definition) is 1. The van der Waals surface area contributed by atoms with E-state index in [1.807, 2.05) is 6.92 Å². The fraction of sp³-hybridized carbons (Fsp3) is 0.588. The van der Waals surface area contributed by atoms with Crippen molar-refractivity contribution >= 4 is 6.03 Å². The average molecular weight is 308 g/mol. The molecule has 1 fully saturated rings. The molecule has 1 atom stereocenters. The van der Waals surface area contributed by atoms with Crippen molar-refractivity contribution in [2.24, 2.45) is 0 Å². The van der Waals surface area contributed by atoms with Gasteiger partial charge < -0.3 is 15.0 Å². The van der Waals surface area contributed by atoms with E-state index in [1.54, 1.807) is 17.0 Å². The molecular formula is C17H25FN2O2. The maximum atomic E-state index is 12.8. The molecule has 0 aliphatic carbocycles. The molecule has 2 amide bonds. The molecule has 0 bridgehead atoms. The first-order chi connectivity index (χ1) is 10.7. The second-order valence-corrected chi connectivity index (χ2v) is 5.64. The first-order valence-electron chi connectivity index (χ1n) is 8.08. The van der Waals surface area contributed by atoms with Gasteiger partial charge in [0.1, 0.15) is 5.82 Å². The minimum Gasteiger partial charge on any atom is -0.376 e. The van der Waals surface area contributed by atoms with Gasteiger partial charge in [-0.2, -0.15) is 0 Å². The van der Waals surface area contributed by atoms with Gasteiger partial charge in [-0.3, -0.25) is 0 Å². The number of carbonyl (C=O) groups is 1. The zero-order valence-electron chi connectivity index (χ0n) is 13.2. The molecule has 0 saturated carbocycles. The van der Waals surface area contributed by atoms with Crippen LogP contribution in [-0.4, -0.2) is 43.3 Å². The van der Waals surface area contributed by atoms with Crippen molar-refractivity contribution in [3.05, 3.63) is 35.6 Å². The molecule has 1 saturated heterocycles. The Morgan fingerprint density at radius 2 is 2.14 bits per heavy atom. The van der Waals surface area contributed by atoms with E-state index >= 15 is 0 Å². The Morgan fingerprint density at radius 1 is 1.36 bits per heavy atom. The molecule has 5 heteroatoms. The number of hydrogen-bond acceptors (Lipinski definition) is 2. The van der Waals surface area contributed by atoms with Crippen LogP contribution in [0.2, 0.25) is 0 Å². The van der Waals surface area contributed by atoms with E-state index in [4.69, 9.17) is 4.74 Å². The maximum Gasteiger partial charge on any atom is 0.317 e. The summed E-state index contributed by atoms with van der Waals surface area (Å²) in [6.07, 6.45) is 4.18. The average Bonchev–Trinajstić information content (AvgIpc) is 2.55. The molecule has 0 spiro atoms. The van der Waals surface area contributed by atoms with Crippen LogP contribution < -0.4 is 5.32 Å². The van der Waals surface area contributed by atoms with Crippen molar-refractivity contribution in [2.75, 3.05) is 26.2 Å². The number of halogens is 1. The lowest BCUT2D eigenvalue weighted by Gasteiger charge is -2.29. The van der Waals surface area contributed by atoms with E-state index in [-0.39, 0.29) is 18.0 Å². The number of nitrogens with zero attached hydrogens (tertiary/aromatic N) is 1. The van der Waals surface area contributed by atoms with Crippen LogP contribution in [0.25, 0.3) is 0 Å². The summed E-state index contributed by atoms with van der Waals surface area (Å²) >= 11 is 0. The van der Waals surface area contributed by atoms with Crippen molar-refractivity contribution in [1.82, 2.24) is 10.2 Å². The number of nitrogens with one attached hydrogen (secondary N) is 1. The topological polar surface area (TPSA) is 41.6 Å². The number of rotatable bonds is 6. The van der Waals surface area contributed by atoms with Gasteiger partial charge in [-0.1, -0.05) is 12.1 Å². The monoisotopic (exact) mass is 308 g/mol. The fourth-order valence-electron chi connectivity index (χ4n) is 2.63. The molecule has 122 valence electrons. The fourth-order valence-corrected chi connectivity index (χ4v) is 2.63. The summed E-state index contributed by atoms with van der Waals surface area (Å²) in [5.41, 5.74) is 1.01. The first kappa shape index (κ1) is 16.7. The van der Waals surface area contributed by atoms with E-state index in [9.17, 15) is 9.18 Å². The minimum atomic E-state index is -0.238. The van der Waals surface area contributed by atoms with E-state index in [0.717, 1.165) is 25.0 Å². The van der Waals surface area contributed by atoms with E-state index < -0.39 is 0 Å². The smallest absolute Gasteiger partial charge is 0.317 e. The lowest BCUT2D eigenvalue weighted by atomic mass is 10.1. The highest BCUT2D eigenvalue weighted by molar-refractivity contribution is 5.74. The lowest BCUT2D eigenvalue weighted by Crippen LogP contribution is -2.45. The van der Waals surface area contributed by atoms with Crippen molar-refractivity contribution < 1.29 is 13.9 Å². The minimum absolute atomic E-state index is 0.0567. The molecule has 4 nitrogen and oxygen atoms in total. The Bertz CT molecular complexity index is 458. The largest absolute Gasteiger partial charge is 0.376 e. The Labute approximate surface area is 131 Å². The summed E-state index contributed by atoms with van der Waals surface area (Å²) in [5, 5.41) is 2.92. The van der Waals surface area contributed by atoms with Gasteiger partial charge in [0.25, 0.3) is 0 Å². The zero-order chi connectivity index (χ0) is 15.8. The van der Waals surface area contributed by atoms with Gasteiger partial charge in [-0.15, -0.1) is 0 Å². The van der Waals surface area contributed by atoms with Gasteiger partial charge >= 0.3 is 6.03 Å². The maximum absolute atomic E-state index is 12.8. The molecule has 1 aromatic rings. The predicted octanol–water partition coefficient (Wildman–Crippen LogP) is 2.97. The van der Waals surface area contributed by atoms with Crippen LogP contribution in [0.15, 0.2) is 24.3 Å². The third-order valence-corrected chi connectivity index (χ3v) is 3.97. The summed E-state index contributed by atoms with van der Waals surface area (Å²) in [6, 6.07) is 6.31. The van der Waals surface area contributed by atoms with Crippen LogP contribution in [-0.2, 0) is 11.2 Å². The number of benzene rings is 1. The first-order valence-corrected chi connectivity index (χ1v) is 8.08. The lowest BCUT2D eigenvalue weighted by molar-refractivity contribution is 0.00136. The highest BCUT2D eigenvalue weighted by Gasteiger charge is 2.20. The Hall–Kier alpha value is -1.62. The van der Waals surface area contributed by atoms with Gasteiger partial charge in [0.05, 0.1) is 6.10 Å². The SMILES string of the molecule is CCN(C[C@@H]1CCCCO1)C(=O)NCCc1ccc(F)cc1. The number of carbonyl (C=O) groups excluding carboxylic acids is 1. The predicted molar refractivity (Wildman–Crippen MR) is 84.3 cm³/mol. The Kier molecular flexibility index (Phi) is 6.65. The summed E-state index contributed by atoms with van der Waals surface area (Å²) in [7, 11) is 0. The van der Waals surface area contributed by atoms with Crippen molar-refractivity contribution in [3.8, 4) is 0 Å². The van der Waals surface area contributed by atoms with Gasteiger partial charge in [-0.05, 0) is 50.3 Å². The van der Waals surface area contributed by atoms with Gasteiger partial charge in [0.15, 0.2) is 0 Å². The van der Waals surface area contributed by atoms with Crippen molar-refractivity contribution in [2.45, 2.75) is 38.7 Å². The van der Waals surface area contributed by atoms with Crippen LogP contribution in [0.1, 0.15) is 31.7 Å². The molecule has 1 aromatic carbocycles. The van der Waals surface area contributed by atoms with Crippen molar-refractivity contribution in [3.63, 3.8) is 0 Å². The molecule has 1 aliphatic heterocycles. The standard InChI is InChI=1S/C17H25FN2O2/c1-2-20(13-16-5-3-4-12-22-16)17(21)19-11-10-14-6-8-15(18)9-7-14/h6-9,16H,2-5,10-13H2,1H3,(H,19,21)/t16-/m0/s1. The molecule has 1 N–H and O–H groups in total. The summed E-state index contributed by atoms with van der Waals surface area (Å²) in [6.45, 7) is 4.64. The number of ether oxygens (including phenoxy) is 1. The van der Waals surface area contributed by atoms with Crippen LogP contribution in [0.4, 0.5) is 9.18 Å². The highest BCUT2D eigenvalue weighted by Crippen LogP contribution is 2.13. The van der Waals surface area contributed by atoms with Crippen LogP contribution >= 0.6 is 0 Å². The van der Waals surface area contributed by atoms with Crippen LogP contribution in [0, 0.1) is 5.82 Å². The molecule has 1 aliphatic rings. The second-order valence-electron chi connectivity index (χ2n) is 5.64. The molecule has 22 heavy (non-hydrogen) atoms. The zero-order valence-corrected chi connectivity index (χ0v) is 13.2. The molecule has 0 aromatic heterocycles. The number of urea groups is 1. The van der Waals surface area contributed by atoms with E-state index in [0.29, 0.717) is 26.1 Å². The normalized spacial score (nSPS) is 18.0. The number of likely N-dealkylation sites (N-methyl/N-ethyl adjacent to an activating group) is 1. The molecule has 0 unspecified atom stereocenters. The van der Waals surface area contributed by atoms with Gasteiger partial charge in [0, 0.05) is 26.2 Å². The second kappa shape index (κ2) is 8.73. The van der Waals surface area contributed by atoms with E-state index in [2.05, 4.69) is 5.32 Å². The third kappa shape index (κ3) is 5.30. The Balaban J connectivity index is 1.72. The molecule has 0 radical (unpaired) electrons. The molecular weight excluding hydrogens is 283 g/mol. The summed E-state index contributed by atoms with van der Waals surface area (Å²) < 4.78 is 18.5. The Morgan fingerprint density at radius 3 is 2.77 bits per heavy atom. The summed E-state index contributed by atoms with van der Waals surface area (Å²) in [4.78, 5) is 14.0. The molecule has 2 rings (SSSR count). The van der Waals surface area contributed by atoms with Gasteiger partial charge in [-0.25, -0.2) is 9.18 Å². The third-order valence-electron chi connectivity index (χ3n) is 3.97. The number of amides is 2. The van der Waals surface area contributed by atoms with Crippen molar-refractivity contribution in [1.29, 1.82) is 0 Å². The van der Waals surface area contributed by atoms with Crippen LogP contribution in [0.5, 0.6) is 0 Å². The molecule has 1 heterocycles. The van der Waals surface area contributed by atoms with Gasteiger partial charge in [0.2, 0.25) is 0 Å². The van der Waals surface area contributed by atoms with Crippen LogP contribution in [0.3, 0.4) is 0 Å². The van der Waals surface area contributed by atoms with E-state index in [1.165, 1.54) is 18.6 Å². The highest BCUT2D eigenvalue weighted by atomic mass is 19.1. The quantitative estimate of drug-likeness (QED) is 0.878. The summed E-state index contributed by atoms with van der Waals surface area (Å²) in [5.74, 6) is -0.238.